The highest BCUT2D eigenvalue weighted by atomic mass is 79.9. The molecular weight excluding hydrogens is 377 g/mol. The molecule has 0 aliphatic rings. The van der Waals surface area contributed by atoms with Crippen LogP contribution in [0.5, 0.6) is 0 Å². The molecule has 0 fully saturated rings. The van der Waals surface area contributed by atoms with E-state index in [0.29, 0.717) is 4.90 Å². The Bertz CT molecular complexity index is 647. The van der Waals surface area contributed by atoms with E-state index >= 15 is 0 Å². The van der Waals surface area contributed by atoms with Crippen molar-refractivity contribution in [1.82, 2.24) is 4.90 Å². The summed E-state index contributed by atoms with van der Waals surface area (Å²) in [5.74, 6) is -0.938. The van der Waals surface area contributed by atoms with Crippen LogP contribution in [0.2, 0.25) is 0 Å². The largest absolute Gasteiger partial charge is 0.406 e. The van der Waals surface area contributed by atoms with Crippen LogP contribution in [-0.2, 0) is 10.0 Å². The van der Waals surface area contributed by atoms with Gasteiger partial charge in [0.2, 0.25) is 10.0 Å². The minimum absolute atomic E-state index is 0.176. The molecule has 21 heavy (non-hydrogen) atoms. The number of amides is 1. The Balaban J connectivity index is 3.22. The van der Waals surface area contributed by atoms with E-state index < -0.39 is 28.7 Å². The number of halogens is 4. The van der Waals surface area contributed by atoms with Crippen molar-refractivity contribution in [2.45, 2.75) is 18.0 Å². The summed E-state index contributed by atoms with van der Waals surface area (Å²) in [6.07, 6.45) is -4.55. The zero-order chi connectivity index (χ0) is 16.4. The number of nitrogens with zero attached hydrogens (tertiary/aromatic N) is 1. The number of hydrogen-bond donors (Lipinski definition) is 1. The van der Waals surface area contributed by atoms with Crippen LogP contribution in [0.1, 0.15) is 17.3 Å². The number of carbonyl (C=O) groups excluding carboxylic acids is 1. The number of benzene rings is 1. The predicted octanol–water partition coefficient (Wildman–Crippen LogP) is 2.12. The van der Waals surface area contributed by atoms with Gasteiger partial charge in [0, 0.05) is 11.0 Å². The van der Waals surface area contributed by atoms with E-state index in [1.54, 1.807) is 0 Å². The fourth-order valence-corrected chi connectivity index (χ4v) is 2.52. The topological polar surface area (TPSA) is 80.5 Å². The van der Waals surface area contributed by atoms with Crippen molar-refractivity contribution < 1.29 is 26.4 Å². The molecule has 1 rings (SSSR count). The van der Waals surface area contributed by atoms with Crippen molar-refractivity contribution in [2.24, 2.45) is 5.14 Å². The van der Waals surface area contributed by atoms with Crippen LogP contribution in [-0.4, -0.2) is 38.5 Å². The summed E-state index contributed by atoms with van der Waals surface area (Å²) in [5.41, 5.74) is -0.201. The van der Waals surface area contributed by atoms with Gasteiger partial charge >= 0.3 is 6.18 Å². The maximum Gasteiger partial charge on any atom is 0.406 e. The molecule has 0 spiro atoms. The standard InChI is InChI=1S/C11H12BrF3N2O3S/c1-2-17(6-11(13,14)15)10(18)8-5-7(21(16,19)20)3-4-9(8)12/h3-5H,2,6H2,1H3,(H2,16,19,20). The molecule has 0 heterocycles. The molecule has 0 aromatic heterocycles. The van der Waals surface area contributed by atoms with Gasteiger partial charge in [0.15, 0.2) is 0 Å². The zero-order valence-electron chi connectivity index (χ0n) is 10.8. The van der Waals surface area contributed by atoms with E-state index in [1.807, 2.05) is 0 Å². The van der Waals surface area contributed by atoms with Crippen LogP contribution in [0, 0.1) is 0 Å². The average molecular weight is 389 g/mol. The molecule has 0 atom stereocenters. The average Bonchev–Trinajstić information content (AvgIpc) is 2.33. The fourth-order valence-electron chi connectivity index (χ4n) is 1.56. The van der Waals surface area contributed by atoms with E-state index in [-0.39, 0.29) is 21.5 Å². The molecule has 0 saturated heterocycles. The monoisotopic (exact) mass is 388 g/mol. The lowest BCUT2D eigenvalue weighted by Gasteiger charge is -2.23. The number of hydrogen-bond acceptors (Lipinski definition) is 3. The Hall–Kier alpha value is -1.13. The minimum atomic E-state index is -4.55. The molecule has 1 aromatic carbocycles. The van der Waals surface area contributed by atoms with Crippen molar-refractivity contribution >= 4 is 31.9 Å². The molecule has 1 aromatic rings. The first-order valence-corrected chi connectivity index (χ1v) is 7.98. The van der Waals surface area contributed by atoms with Crippen molar-refractivity contribution in [3.8, 4) is 0 Å². The zero-order valence-corrected chi connectivity index (χ0v) is 13.2. The molecule has 2 N–H and O–H groups in total. The molecule has 10 heteroatoms. The van der Waals surface area contributed by atoms with Gasteiger partial charge in [-0.2, -0.15) is 13.2 Å². The normalized spacial score (nSPS) is 12.3. The summed E-state index contributed by atoms with van der Waals surface area (Å²) in [4.78, 5) is 12.3. The highest BCUT2D eigenvalue weighted by Gasteiger charge is 2.33. The van der Waals surface area contributed by atoms with Crippen LogP contribution in [0.4, 0.5) is 13.2 Å². The summed E-state index contributed by atoms with van der Waals surface area (Å²) in [5, 5.41) is 4.94. The first kappa shape index (κ1) is 17.9. The van der Waals surface area contributed by atoms with E-state index in [1.165, 1.54) is 13.0 Å². The molecule has 0 radical (unpaired) electrons. The van der Waals surface area contributed by atoms with Crippen LogP contribution in [0.3, 0.4) is 0 Å². The van der Waals surface area contributed by atoms with Gasteiger partial charge in [-0.15, -0.1) is 0 Å². The third kappa shape index (κ3) is 4.97. The highest BCUT2D eigenvalue weighted by molar-refractivity contribution is 9.10. The first-order valence-electron chi connectivity index (χ1n) is 5.64. The van der Waals surface area contributed by atoms with Crippen molar-refractivity contribution in [2.75, 3.05) is 13.1 Å². The van der Waals surface area contributed by atoms with Crippen molar-refractivity contribution in [3.63, 3.8) is 0 Å². The van der Waals surface area contributed by atoms with Crippen molar-refractivity contribution in [1.29, 1.82) is 0 Å². The van der Waals surface area contributed by atoms with Gasteiger partial charge in [-0.25, -0.2) is 13.6 Å². The maximum absolute atomic E-state index is 12.4. The molecule has 0 unspecified atom stereocenters. The van der Waals surface area contributed by atoms with E-state index in [9.17, 15) is 26.4 Å². The molecule has 1 amide bonds. The third-order valence-corrected chi connectivity index (χ3v) is 4.14. The smallest absolute Gasteiger partial charge is 0.330 e. The van der Waals surface area contributed by atoms with Gasteiger partial charge in [0.1, 0.15) is 6.54 Å². The molecule has 118 valence electrons. The molecular formula is C11H12BrF3N2O3S. The van der Waals surface area contributed by atoms with E-state index in [0.717, 1.165) is 12.1 Å². The Morgan fingerprint density at radius 2 is 1.95 bits per heavy atom. The second-order valence-corrected chi connectivity index (χ2v) is 6.54. The van der Waals surface area contributed by atoms with Crippen molar-refractivity contribution in [3.05, 3.63) is 28.2 Å². The Morgan fingerprint density at radius 3 is 2.38 bits per heavy atom. The number of alkyl halides is 3. The Kier molecular flexibility index (Phi) is 5.40. The first-order chi connectivity index (χ1) is 9.45. The lowest BCUT2D eigenvalue weighted by atomic mass is 10.2. The van der Waals surface area contributed by atoms with Gasteiger partial charge in [0.05, 0.1) is 10.5 Å². The number of rotatable bonds is 4. The minimum Gasteiger partial charge on any atom is -0.330 e. The summed E-state index contributed by atoms with van der Waals surface area (Å²) < 4.78 is 59.9. The summed E-state index contributed by atoms with van der Waals surface area (Å²) in [7, 11) is -4.06. The third-order valence-electron chi connectivity index (χ3n) is 2.54. The number of primary sulfonamides is 1. The van der Waals surface area contributed by atoms with Crippen LogP contribution in [0.25, 0.3) is 0 Å². The molecule has 0 saturated carbocycles. The van der Waals surface area contributed by atoms with E-state index in [2.05, 4.69) is 15.9 Å². The maximum atomic E-state index is 12.4. The molecule has 0 bridgehead atoms. The fraction of sp³-hybridized carbons (Fsp3) is 0.364. The van der Waals surface area contributed by atoms with E-state index in [4.69, 9.17) is 5.14 Å². The molecule has 0 aliphatic carbocycles. The van der Waals surface area contributed by atoms with Crippen LogP contribution < -0.4 is 5.14 Å². The second-order valence-electron chi connectivity index (χ2n) is 4.12. The Labute approximate surface area is 128 Å². The van der Waals surface area contributed by atoms with Gasteiger partial charge in [-0.05, 0) is 41.1 Å². The molecule has 0 aliphatic heterocycles. The summed E-state index contributed by atoms with van der Waals surface area (Å²) in [6.45, 7) is -0.208. The van der Waals surface area contributed by atoms with Gasteiger partial charge < -0.3 is 4.90 Å². The second kappa shape index (κ2) is 6.32. The van der Waals surface area contributed by atoms with Gasteiger partial charge in [0.25, 0.3) is 5.91 Å². The van der Waals surface area contributed by atoms with Gasteiger partial charge in [-0.3, -0.25) is 4.79 Å². The SMILES string of the molecule is CCN(CC(F)(F)F)C(=O)c1cc(S(N)(=O)=O)ccc1Br. The lowest BCUT2D eigenvalue weighted by Crippen LogP contribution is -2.39. The summed E-state index contributed by atoms with van der Waals surface area (Å²) in [6, 6.07) is 3.34. The quantitative estimate of drug-likeness (QED) is 0.857. The van der Waals surface area contributed by atoms with Crippen LogP contribution in [0.15, 0.2) is 27.6 Å². The lowest BCUT2D eigenvalue weighted by molar-refractivity contribution is -0.140. The number of sulfonamides is 1. The highest BCUT2D eigenvalue weighted by Crippen LogP contribution is 2.24. The summed E-state index contributed by atoms with van der Waals surface area (Å²) >= 11 is 3.01. The molecule has 5 nitrogen and oxygen atoms in total. The number of carbonyl (C=O) groups is 1. The predicted molar refractivity (Wildman–Crippen MR) is 73.1 cm³/mol. The number of nitrogens with two attached hydrogens (primary N) is 1. The van der Waals surface area contributed by atoms with Crippen LogP contribution >= 0.6 is 15.9 Å². The van der Waals surface area contributed by atoms with Gasteiger partial charge in [-0.1, -0.05) is 0 Å². The Morgan fingerprint density at radius 1 is 1.38 bits per heavy atom.